The molecule has 0 fully saturated rings. The van der Waals surface area contributed by atoms with Crippen LogP contribution in [0.15, 0.2) is 54.6 Å². The maximum absolute atomic E-state index is 2.23. The van der Waals surface area contributed by atoms with Crippen molar-refractivity contribution in [2.24, 2.45) is 0 Å². The lowest BCUT2D eigenvalue weighted by molar-refractivity contribution is 0.702. The first-order chi connectivity index (χ1) is 9.29. The molecular weight excluding hydrogens is 228 g/mol. The Morgan fingerprint density at radius 3 is 1.74 bits per heavy atom. The lowest BCUT2D eigenvalue weighted by Gasteiger charge is -2.04. The van der Waals surface area contributed by atoms with Gasteiger partial charge in [0.15, 0.2) is 0 Å². The zero-order valence-corrected chi connectivity index (χ0v) is 12.5. The fourth-order valence-electron chi connectivity index (χ4n) is 2.01. The quantitative estimate of drug-likeness (QED) is 0.566. The van der Waals surface area contributed by atoms with Crippen molar-refractivity contribution in [3.63, 3.8) is 0 Å². The van der Waals surface area contributed by atoms with Gasteiger partial charge in [-0.2, -0.15) is 0 Å². The molecule has 0 bridgehead atoms. The SMILES string of the molecule is CCCCCC.Cc1ccccc1-c1ccccc1. The fraction of sp³-hybridized carbons (Fsp3) is 0.368. The Labute approximate surface area is 118 Å². The van der Waals surface area contributed by atoms with E-state index in [1.165, 1.54) is 42.4 Å². The Kier molecular flexibility index (Phi) is 7.65. The van der Waals surface area contributed by atoms with Crippen LogP contribution in [-0.4, -0.2) is 0 Å². The van der Waals surface area contributed by atoms with Crippen LogP contribution in [0.4, 0.5) is 0 Å². The maximum atomic E-state index is 2.23. The number of unbranched alkanes of at least 4 members (excludes halogenated alkanes) is 3. The molecular formula is C19H26. The van der Waals surface area contributed by atoms with Crippen molar-refractivity contribution in [1.29, 1.82) is 0 Å². The zero-order chi connectivity index (χ0) is 13.9. The van der Waals surface area contributed by atoms with E-state index in [0.29, 0.717) is 0 Å². The van der Waals surface area contributed by atoms with Crippen molar-refractivity contribution >= 4 is 0 Å². The van der Waals surface area contributed by atoms with E-state index in [2.05, 4.69) is 69.3 Å². The Balaban J connectivity index is 0.000000258. The van der Waals surface area contributed by atoms with Gasteiger partial charge < -0.3 is 0 Å². The number of aryl methyl sites for hydroxylation is 1. The zero-order valence-electron chi connectivity index (χ0n) is 12.5. The molecule has 0 saturated heterocycles. The molecule has 0 unspecified atom stereocenters. The third-order valence-electron chi connectivity index (χ3n) is 3.19. The first-order valence-electron chi connectivity index (χ1n) is 7.40. The van der Waals surface area contributed by atoms with E-state index in [4.69, 9.17) is 0 Å². The van der Waals surface area contributed by atoms with Gasteiger partial charge in [0.05, 0.1) is 0 Å². The van der Waals surface area contributed by atoms with Gasteiger partial charge in [-0.15, -0.1) is 0 Å². The average molecular weight is 254 g/mol. The highest BCUT2D eigenvalue weighted by molar-refractivity contribution is 5.66. The predicted octanol–water partition coefficient (Wildman–Crippen LogP) is 6.25. The summed E-state index contributed by atoms with van der Waals surface area (Å²) in [7, 11) is 0. The maximum Gasteiger partial charge on any atom is -0.0155 e. The van der Waals surface area contributed by atoms with Crippen molar-refractivity contribution in [2.45, 2.75) is 46.5 Å². The van der Waals surface area contributed by atoms with Crippen molar-refractivity contribution in [1.82, 2.24) is 0 Å². The van der Waals surface area contributed by atoms with Gasteiger partial charge in [-0.05, 0) is 23.6 Å². The van der Waals surface area contributed by atoms with E-state index in [1.807, 2.05) is 6.07 Å². The second-order valence-electron chi connectivity index (χ2n) is 4.89. The third kappa shape index (κ3) is 5.74. The third-order valence-corrected chi connectivity index (χ3v) is 3.19. The summed E-state index contributed by atoms with van der Waals surface area (Å²) in [4.78, 5) is 0. The molecule has 0 heteroatoms. The van der Waals surface area contributed by atoms with Crippen LogP contribution in [-0.2, 0) is 0 Å². The first-order valence-corrected chi connectivity index (χ1v) is 7.40. The first kappa shape index (κ1) is 15.5. The Bertz CT molecular complexity index is 439. The summed E-state index contributed by atoms with van der Waals surface area (Å²) in [6.45, 7) is 6.60. The van der Waals surface area contributed by atoms with Gasteiger partial charge in [0.1, 0.15) is 0 Å². The minimum absolute atomic E-state index is 1.29. The van der Waals surface area contributed by atoms with Crippen LogP contribution < -0.4 is 0 Å². The Hall–Kier alpha value is -1.56. The molecule has 0 saturated carbocycles. The minimum atomic E-state index is 1.29. The van der Waals surface area contributed by atoms with Crippen molar-refractivity contribution in [3.05, 3.63) is 60.2 Å². The average Bonchev–Trinajstić information content (AvgIpc) is 2.47. The Morgan fingerprint density at radius 1 is 0.684 bits per heavy atom. The monoisotopic (exact) mass is 254 g/mol. The summed E-state index contributed by atoms with van der Waals surface area (Å²) in [6.07, 6.45) is 5.54. The second-order valence-corrected chi connectivity index (χ2v) is 4.89. The topological polar surface area (TPSA) is 0 Å². The summed E-state index contributed by atoms with van der Waals surface area (Å²) in [5.74, 6) is 0. The van der Waals surface area contributed by atoms with E-state index in [1.54, 1.807) is 0 Å². The highest BCUT2D eigenvalue weighted by Gasteiger charge is 1.97. The van der Waals surface area contributed by atoms with Gasteiger partial charge in [0.2, 0.25) is 0 Å². The molecule has 0 spiro atoms. The molecule has 0 aliphatic heterocycles. The summed E-state index contributed by atoms with van der Waals surface area (Å²) in [6, 6.07) is 18.9. The normalized spacial score (nSPS) is 9.63. The lowest BCUT2D eigenvalue weighted by atomic mass is 10.0. The highest BCUT2D eigenvalue weighted by atomic mass is 14.0. The van der Waals surface area contributed by atoms with Gasteiger partial charge in [0, 0.05) is 0 Å². The van der Waals surface area contributed by atoms with Crippen LogP contribution in [0.25, 0.3) is 11.1 Å². The number of hydrogen-bond donors (Lipinski definition) is 0. The second kappa shape index (κ2) is 9.38. The summed E-state index contributed by atoms with van der Waals surface area (Å²) >= 11 is 0. The van der Waals surface area contributed by atoms with Gasteiger partial charge >= 0.3 is 0 Å². The smallest absolute Gasteiger partial charge is 0.0155 e. The molecule has 102 valence electrons. The van der Waals surface area contributed by atoms with Gasteiger partial charge in [0.25, 0.3) is 0 Å². The van der Waals surface area contributed by atoms with Gasteiger partial charge in [-0.1, -0.05) is 94.1 Å². The van der Waals surface area contributed by atoms with Crippen LogP contribution in [0.1, 0.15) is 45.1 Å². The molecule has 0 radical (unpaired) electrons. The number of benzene rings is 2. The van der Waals surface area contributed by atoms with E-state index >= 15 is 0 Å². The molecule has 2 aromatic rings. The molecule has 0 nitrogen and oxygen atoms in total. The van der Waals surface area contributed by atoms with Crippen molar-refractivity contribution < 1.29 is 0 Å². The number of rotatable bonds is 4. The molecule has 19 heavy (non-hydrogen) atoms. The van der Waals surface area contributed by atoms with E-state index in [9.17, 15) is 0 Å². The molecule has 0 atom stereocenters. The van der Waals surface area contributed by atoms with E-state index in [-0.39, 0.29) is 0 Å². The summed E-state index contributed by atoms with van der Waals surface area (Å²) < 4.78 is 0. The molecule has 0 amide bonds. The standard InChI is InChI=1S/C13H12.C6H14/c1-11-7-5-6-10-13(11)12-8-3-2-4-9-12;1-3-5-6-4-2/h2-10H,1H3;3-6H2,1-2H3. The highest BCUT2D eigenvalue weighted by Crippen LogP contribution is 2.21. The van der Waals surface area contributed by atoms with Crippen molar-refractivity contribution in [2.75, 3.05) is 0 Å². The molecule has 0 aromatic heterocycles. The van der Waals surface area contributed by atoms with Crippen LogP contribution in [0.5, 0.6) is 0 Å². The minimum Gasteiger partial charge on any atom is -0.0654 e. The van der Waals surface area contributed by atoms with Gasteiger partial charge in [-0.3, -0.25) is 0 Å². The molecule has 2 rings (SSSR count). The number of hydrogen-bond acceptors (Lipinski definition) is 0. The lowest BCUT2D eigenvalue weighted by Crippen LogP contribution is -1.80. The van der Waals surface area contributed by atoms with E-state index in [0.717, 1.165) is 0 Å². The van der Waals surface area contributed by atoms with Crippen LogP contribution in [0, 0.1) is 6.92 Å². The summed E-state index contributed by atoms with van der Waals surface area (Å²) in [5.41, 5.74) is 3.94. The largest absolute Gasteiger partial charge is 0.0654 e. The van der Waals surface area contributed by atoms with Crippen LogP contribution in [0.3, 0.4) is 0 Å². The van der Waals surface area contributed by atoms with Crippen LogP contribution in [0.2, 0.25) is 0 Å². The van der Waals surface area contributed by atoms with Crippen molar-refractivity contribution in [3.8, 4) is 11.1 Å². The Morgan fingerprint density at radius 2 is 1.21 bits per heavy atom. The van der Waals surface area contributed by atoms with Crippen LogP contribution >= 0.6 is 0 Å². The van der Waals surface area contributed by atoms with Gasteiger partial charge in [-0.25, -0.2) is 0 Å². The molecule has 0 N–H and O–H groups in total. The molecule has 0 aliphatic rings. The fourth-order valence-corrected chi connectivity index (χ4v) is 2.01. The molecule has 0 heterocycles. The molecule has 0 aliphatic carbocycles. The molecule has 2 aromatic carbocycles. The van der Waals surface area contributed by atoms with E-state index < -0.39 is 0 Å². The summed E-state index contributed by atoms with van der Waals surface area (Å²) in [5, 5.41) is 0. The predicted molar refractivity (Wildman–Crippen MR) is 86.4 cm³/mol.